The zero-order valence-corrected chi connectivity index (χ0v) is 14.9. The molecule has 1 aromatic heterocycles. The largest absolute Gasteiger partial charge is 0.506 e. The first kappa shape index (κ1) is 18.5. The summed E-state index contributed by atoms with van der Waals surface area (Å²) in [6.45, 7) is 0. The number of aliphatic hydroxyl groups is 1. The zero-order chi connectivity index (χ0) is 19.1. The first-order valence-electron chi connectivity index (χ1n) is 6.97. The van der Waals surface area contributed by atoms with E-state index in [1.54, 1.807) is 0 Å². The van der Waals surface area contributed by atoms with Crippen LogP contribution in [0.4, 0.5) is 13.2 Å². The van der Waals surface area contributed by atoms with Gasteiger partial charge in [0.05, 0.1) is 20.8 Å². The number of fused-ring (bicyclic) bond motifs is 1. The van der Waals surface area contributed by atoms with Crippen LogP contribution < -0.4 is 0 Å². The summed E-state index contributed by atoms with van der Waals surface area (Å²) in [4.78, 5) is 4.06. The highest BCUT2D eigenvalue weighted by Crippen LogP contribution is 2.36. The van der Waals surface area contributed by atoms with Crippen molar-refractivity contribution < 1.29 is 18.3 Å². The Morgan fingerprint density at radius 2 is 1.88 bits per heavy atom. The maximum Gasteiger partial charge on any atom is 0.416 e. The Morgan fingerprint density at radius 1 is 1.15 bits per heavy atom. The molecule has 26 heavy (non-hydrogen) atoms. The van der Waals surface area contributed by atoms with Gasteiger partial charge in [0.2, 0.25) is 0 Å². The molecule has 0 radical (unpaired) electrons. The van der Waals surface area contributed by atoms with Crippen LogP contribution >= 0.6 is 34.5 Å². The standard InChI is InChI=1S/C17H7Cl2F3N2OS/c18-9-2-3-10(12(19)6-9)15(25)11(7-23)16-24-13-5-8(17(20,21)22)1-4-14(13)26-16/h1-6,25H/b15-11-. The molecule has 3 nitrogen and oxygen atoms in total. The number of benzene rings is 2. The topological polar surface area (TPSA) is 56.9 Å². The molecular formula is C17H7Cl2F3N2OS. The Morgan fingerprint density at radius 3 is 2.50 bits per heavy atom. The fourth-order valence-electron chi connectivity index (χ4n) is 2.23. The second-order valence-electron chi connectivity index (χ2n) is 5.16. The number of hydrogen-bond acceptors (Lipinski definition) is 4. The van der Waals surface area contributed by atoms with E-state index in [0.717, 1.165) is 23.5 Å². The minimum absolute atomic E-state index is 0.0857. The first-order chi connectivity index (χ1) is 12.2. The highest BCUT2D eigenvalue weighted by atomic mass is 35.5. The summed E-state index contributed by atoms with van der Waals surface area (Å²) in [6.07, 6.45) is -4.50. The molecule has 9 heteroatoms. The van der Waals surface area contributed by atoms with Crippen LogP contribution in [0.1, 0.15) is 16.1 Å². The fourth-order valence-corrected chi connectivity index (χ4v) is 3.67. The molecule has 0 unspecified atom stereocenters. The van der Waals surface area contributed by atoms with Gasteiger partial charge in [-0.3, -0.25) is 0 Å². The van der Waals surface area contributed by atoms with E-state index in [9.17, 15) is 23.5 Å². The number of nitriles is 1. The van der Waals surface area contributed by atoms with E-state index in [1.165, 1.54) is 24.3 Å². The molecule has 0 bridgehead atoms. The fraction of sp³-hybridized carbons (Fsp3) is 0.0588. The van der Waals surface area contributed by atoms with Crippen molar-refractivity contribution in [3.8, 4) is 6.07 Å². The van der Waals surface area contributed by atoms with Crippen LogP contribution in [0.5, 0.6) is 0 Å². The second-order valence-corrected chi connectivity index (χ2v) is 7.03. The lowest BCUT2D eigenvalue weighted by Crippen LogP contribution is -2.03. The molecular weight excluding hydrogens is 408 g/mol. The lowest BCUT2D eigenvalue weighted by molar-refractivity contribution is -0.137. The van der Waals surface area contributed by atoms with Gasteiger partial charge in [-0.15, -0.1) is 11.3 Å². The number of nitrogens with zero attached hydrogens (tertiary/aromatic N) is 2. The number of aromatic nitrogens is 1. The Balaban J connectivity index is 2.14. The van der Waals surface area contributed by atoms with E-state index in [4.69, 9.17) is 23.2 Å². The van der Waals surface area contributed by atoms with Gasteiger partial charge in [-0.2, -0.15) is 18.4 Å². The average Bonchev–Trinajstić information content (AvgIpc) is 2.97. The van der Waals surface area contributed by atoms with Gasteiger partial charge in [0.25, 0.3) is 0 Å². The van der Waals surface area contributed by atoms with E-state index in [2.05, 4.69) is 4.98 Å². The van der Waals surface area contributed by atoms with Crippen molar-refractivity contribution in [2.24, 2.45) is 0 Å². The molecule has 1 N–H and O–H groups in total. The first-order valence-corrected chi connectivity index (χ1v) is 8.55. The normalized spacial score (nSPS) is 12.8. The van der Waals surface area contributed by atoms with Crippen molar-refractivity contribution in [1.29, 1.82) is 5.26 Å². The van der Waals surface area contributed by atoms with Crippen LogP contribution in [0.3, 0.4) is 0 Å². The third kappa shape index (κ3) is 3.49. The monoisotopic (exact) mass is 414 g/mol. The number of thiazole rings is 1. The molecule has 0 fully saturated rings. The van der Waals surface area contributed by atoms with Gasteiger partial charge in [-0.25, -0.2) is 4.98 Å². The van der Waals surface area contributed by atoms with Gasteiger partial charge < -0.3 is 5.11 Å². The summed E-state index contributed by atoms with van der Waals surface area (Å²) in [5.74, 6) is -0.427. The maximum absolute atomic E-state index is 12.8. The van der Waals surface area contributed by atoms with Crippen molar-refractivity contribution in [3.05, 3.63) is 62.6 Å². The molecule has 0 saturated carbocycles. The summed E-state index contributed by atoms with van der Waals surface area (Å²) >= 11 is 12.8. The Labute approximate surface area is 159 Å². The number of allylic oxidation sites excluding steroid dienone is 1. The number of hydrogen-bond donors (Lipinski definition) is 1. The number of alkyl halides is 3. The Hall–Kier alpha value is -2.27. The van der Waals surface area contributed by atoms with Crippen molar-refractivity contribution in [1.82, 2.24) is 4.98 Å². The van der Waals surface area contributed by atoms with Crippen LogP contribution in [-0.2, 0) is 6.18 Å². The van der Waals surface area contributed by atoms with Gasteiger partial charge >= 0.3 is 6.18 Å². The van der Waals surface area contributed by atoms with Crippen molar-refractivity contribution in [2.45, 2.75) is 6.18 Å². The van der Waals surface area contributed by atoms with E-state index >= 15 is 0 Å². The van der Waals surface area contributed by atoms with Gasteiger partial charge in [0.15, 0.2) is 0 Å². The minimum Gasteiger partial charge on any atom is -0.506 e. The second kappa shape index (κ2) is 6.80. The third-order valence-electron chi connectivity index (χ3n) is 3.46. The molecule has 0 aliphatic rings. The molecule has 0 saturated heterocycles. The smallest absolute Gasteiger partial charge is 0.416 e. The molecule has 3 aromatic rings. The molecule has 132 valence electrons. The summed E-state index contributed by atoms with van der Waals surface area (Å²) in [5.41, 5.74) is -0.774. The molecule has 0 aliphatic heterocycles. The highest BCUT2D eigenvalue weighted by Gasteiger charge is 2.31. The Kier molecular flexibility index (Phi) is 4.84. The quantitative estimate of drug-likeness (QED) is 0.380. The van der Waals surface area contributed by atoms with E-state index in [0.29, 0.717) is 9.72 Å². The van der Waals surface area contributed by atoms with Crippen molar-refractivity contribution in [2.75, 3.05) is 0 Å². The molecule has 1 heterocycles. The van der Waals surface area contributed by atoms with Crippen molar-refractivity contribution in [3.63, 3.8) is 0 Å². The van der Waals surface area contributed by atoms with Crippen molar-refractivity contribution >= 4 is 56.1 Å². The molecule has 0 atom stereocenters. The van der Waals surface area contributed by atoms with E-state index in [1.807, 2.05) is 6.07 Å². The van der Waals surface area contributed by atoms with E-state index in [-0.39, 0.29) is 26.7 Å². The molecule has 0 aliphatic carbocycles. The molecule has 0 spiro atoms. The zero-order valence-electron chi connectivity index (χ0n) is 12.6. The lowest BCUT2D eigenvalue weighted by atomic mass is 10.1. The Bertz CT molecular complexity index is 1080. The van der Waals surface area contributed by atoms with Crippen LogP contribution in [0.25, 0.3) is 21.5 Å². The summed E-state index contributed by atoms with van der Waals surface area (Å²) in [6, 6.07) is 9.27. The van der Waals surface area contributed by atoms with Gasteiger partial charge in [-0.1, -0.05) is 23.2 Å². The maximum atomic E-state index is 12.8. The summed E-state index contributed by atoms with van der Waals surface area (Å²) < 4.78 is 38.9. The van der Waals surface area contributed by atoms with Crippen LogP contribution in [0, 0.1) is 11.3 Å². The summed E-state index contributed by atoms with van der Waals surface area (Å²) in [5, 5.41) is 20.4. The van der Waals surface area contributed by atoms with E-state index < -0.39 is 17.5 Å². The number of aliphatic hydroxyl groups excluding tert-OH is 1. The summed E-state index contributed by atoms with van der Waals surface area (Å²) in [7, 11) is 0. The predicted octanol–water partition coefficient (Wildman–Crippen LogP) is 6.57. The number of halogens is 5. The average molecular weight is 415 g/mol. The molecule has 3 rings (SSSR count). The molecule has 0 amide bonds. The third-order valence-corrected chi connectivity index (χ3v) is 5.07. The molecule has 2 aromatic carbocycles. The van der Waals surface area contributed by atoms with Gasteiger partial charge in [-0.05, 0) is 36.4 Å². The predicted molar refractivity (Wildman–Crippen MR) is 96.1 cm³/mol. The SMILES string of the molecule is N#C/C(=C(/O)c1ccc(Cl)cc1Cl)c1nc2cc(C(F)(F)F)ccc2s1. The number of rotatable bonds is 2. The van der Waals surface area contributed by atoms with Crippen LogP contribution in [0.15, 0.2) is 36.4 Å². The lowest BCUT2D eigenvalue weighted by Gasteiger charge is -2.05. The highest BCUT2D eigenvalue weighted by molar-refractivity contribution is 7.19. The van der Waals surface area contributed by atoms with Crippen LogP contribution in [-0.4, -0.2) is 10.1 Å². The minimum atomic E-state index is -4.50. The van der Waals surface area contributed by atoms with Gasteiger partial charge in [0, 0.05) is 10.6 Å². The van der Waals surface area contributed by atoms with Gasteiger partial charge in [0.1, 0.15) is 22.4 Å². The van der Waals surface area contributed by atoms with Crippen LogP contribution in [0.2, 0.25) is 10.0 Å².